The van der Waals surface area contributed by atoms with E-state index in [4.69, 9.17) is 4.74 Å². The number of H-pyrrole nitrogens is 2. The van der Waals surface area contributed by atoms with Crippen molar-refractivity contribution in [1.82, 2.24) is 19.9 Å². The molecule has 3 heterocycles. The number of hydrogen-bond acceptors (Lipinski definition) is 6. The maximum absolute atomic E-state index is 12.5. The summed E-state index contributed by atoms with van der Waals surface area (Å²) in [6.07, 6.45) is 1.18. The minimum atomic E-state index is -2.06. The van der Waals surface area contributed by atoms with E-state index in [0.717, 1.165) is 41.6 Å². The number of fused-ring (bicyclic) bond motifs is 2. The number of benzene rings is 2. The van der Waals surface area contributed by atoms with Crippen LogP contribution in [0, 0.1) is 0 Å². The van der Waals surface area contributed by atoms with Crippen LogP contribution in [0.2, 0.25) is 0 Å². The molecule has 1 fully saturated rings. The van der Waals surface area contributed by atoms with Crippen LogP contribution >= 0.6 is 0 Å². The molecule has 0 aliphatic carbocycles. The van der Waals surface area contributed by atoms with E-state index in [2.05, 4.69) is 19.9 Å². The van der Waals surface area contributed by atoms with Crippen molar-refractivity contribution in [2.45, 2.75) is 20.3 Å². The Morgan fingerprint density at radius 1 is 1.00 bits per heavy atom. The number of likely N-dealkylation sites (tertiary alicyclic amines) is 1. The first-order chi connectivity index (χ1) is 15.6. The summed E-state index contributed by atoms with van der Waals surface area (Å²) < 4.78 is 28.0. The van der Waals surface area contributed by atoms with Gasteiger partial charge in [-0.2, -0.15) is 8.42 Å². The minimum Gasteiger partial charge on any atom is -0.492 e. The molecule has 0 radical (unpaired) electrons. The number of pyridine rings is 1. The highest BCUT2D eigenvalue weighted by atomic mass is 32.2. The number of para-hydroxylation sites is 1. The van der Waals surface area contributed by atoms with E-state index in [1.165, 1.54) is 0 Å². The topological polar surface area (TPSA) is 108 Å². The molecule has 1 aliphatic rings. The number of hydrogen-bond donors (Lipinski definition) is 2. The second kappa shape index (κ2) is 9.60. The number of aromatic nitrogens is 3. The number of ether oxygens (including phenoxy) is 1. The Labute approximate surface area is 192 Å². The van der Waals surface area contributed by atoms with Crippen molar-refractivity contribution >= 4 is 37.1 Å². The molecule has 4 aromatic rings. The first kappa shape index (κ1) is 22.8. The minimum absolute atomic E-state index is 0. The van der Waals surface area contributed by atoms with Crippen molar-refractivity contribution in [3.63, 3.8) is 0 Å². The van der Waals surface area contributed by atoms with Crippen LogP contribution in [0.15, 0.2) is 53.3 Å². The Balaban J connectivity index is 0.00000259. The molecule has 8 nitrogen and oxygen atoms in total. The van der Waals surface area contributed by atoms with E-state index in [0.29, 0.717) is 41.5 Å². The third kappa shape index (κ3) is 4.84. The Morgan fingerprint density at radius 2 is 1.79 bits per heavy atom. The van der Waals surface area contributed by atoms with Crippen LogP contribution in [0.25, 0.3) is 33.3 Å². The molecule has 2 N–H and O–H groups in total. The highest BCUT2D eigenvalue weighted by molar-refractivity contribution is 7.73. The lowest BCUT2D eigenvalue weighted by molar-refractivity contribution is 0.209. The molecule has 0 spiro atoms. The number of piperidine rings is 1. The smallest absolute Gasteiger partial charge is 0.259 e. The first-order valence-electron chi connectivity index (χ1n) is 10.5. The van der Waals surface area contributed by atoms with Gasteiger partial charge in [0.15, 0.2) is 0 Å². The molecule has 0 unspecified atom stereocenters. The van der Waals surface area contributed by atoms with Crippen molar-refractivity contribution in [3.05, 3.63) is 58.9 Å². The normalized spacial score (nSPS) is 14.4. The number of rotatable bonds is 5. The molecule has 2 aromatic heterocycles. The number of nitrogens with one attached hydrogen (secondary N) is 2. The monoisotopic (exact) mass is 466 g/mol. The maximum atomic E-state index is 12.5. The predicted octanol–water partition coefficient (Wildman–Crippen LogP) is 3.23. The van der Waals surface area contributed by atoms with Crippen LogP contribution in [0.3, 0.4) is 0 Å². The van der Waals surface area contributed by atoms with Crippen LogP contribution in [-0.2, 0) is 10.3 Å². The van der Waals surface area contributed by atoms with Gasteiger partial charge in [-0.25, -0.2) is 4.98 Å². The highest BCUT2D eigenvalue weighted by Crippen LogP contribution is 2.24. The van der Waals surface area contributed by atoms with Gasteiger partial charge in [-0.15, -0.1) is 0 Å². The van der Waals surface area contributed by atoms with Gasteiger partial charge in [-0.1, -0.05) is 25.6 Å². The summed E-state index contributed by atoms with van der Waals surface area (Å²) >= 11 is 0. The van der Waals surface area contributed by atoms with Crippen molar-refractivity contribution in [2.24, 2.45) is 0 Å². The van der Waals surface area contributed by atoms with Crippen LogP contribution in [0.5, 0.6) is 5.75 Å². The zero-order valence-electron chi connectivity index (χ0n) is 17.3. The average molecular weight is 467 g/mol. The molecule has 5 rings (SSSR count). The van der Waals surface area contributed by atoms with Crippen molar-refractivity contribution in [1.29, 1.82) is 0 Å². The van der Waals surface area contributed by atoms with Gasteiger partial charge in [0.2, 0.25) is 10.3 Å². The average Bonchev–Trinajstić information content (AvgIpc) is 3.22. The largest absolute Gasteiger partial charge is 0.492 e. The fraction of sp³-hybridized carbons (Fsp3) is 0.292. The Bertz CT molecular complexity index is 1490. The van der Waals surface area contributed by atoms with Gasteiger partial charge in [0, 0.05) is 31.2 Å². The van der Waals surface area contributed by atoms with Gasteiger partial charge in [-0.3, -0.25) is 9.69 Å². The molecule has 1 saturated heterocycles. The molecule has 0 atom stereocenters. The zero-order valence-corrected chi connectivity index (χ0v) is 18.1. The molecule has 1 aliphatic heterocycles. The summed E-state index contributed by atoms with van der Waals surface area (Å²) in [7, 11) is -2.06. The van der Waals surface area contributed by atoms with Crippen LogP contribution in [0.4, 0.5) is 0 Å². The number of aromatic amines is 2. The third-order valence-electron chi connectivity index (χ3n) is 5.79. The van der Waals surface area contributed by atoms with Gasteiger partial charge < -0.3 is 14.7 Å². The predicted molar refractivity (Wildman–Crippen MR) is 131 cm³/mol. The molecular weight excluding hydrogens is 440 g/mol. The van der Waals surface area contributed by atoms with Crippen molar-refractivity contribution < 1.29 is 13.2 Å². The lowest BCUT2D eigenvalue weighted by atomic mass is 10.1. The van der Waals surface area contributed by atoms with Gasteiger partial charge >= 0.3 is 0 Å². The summed E-state index contributed by atoms with van der Waals surface area (Å²) in [5, 5.41) is 0.940. The van der Waals surface area contributed by atoms with Crippen LogP contribution in [0.1, 0.15) is 20.3 Å². The van der Waals surface area contributed by atoms with E-state index in [9.17, 15) is 13.2 Å². The Morgan fingerprint density at radius 3 is 2.58 bits per heavy atom. The Hall–Kier alpha value is -3.43. The van der Waals surface area contributed by atoms with Gasteiger partial charge in [0.05, 0.1) is 21.5 Å². The molecule has 0 amide bonds. The Kier molecular flexibility index (Phi) is 6.62. The standard InChI is InChI=1S/C23H22N4O4S.CH4/c28-23-18(13-15-3-1-2-4-19(15)26-23)22-24-20-6-5-16(14-21(20)25-22)31-12-11-27-9-7-17(8-10-27)32(29)30;/h1-6,13-14H,7-12H2,(H,24,25)(H,26,28);1H4. The maximum Gasteiger partial charge on any atom is 0.259 e. The quantitative estimate of drug-likeness (QED) is 0.437. The first-order valence-corrected chi connectivity index (χ1v) is 11.6. The fourth-order valence-corrected chi connectivity index (χ4v) is 4.53. The zero-order chi connectivity index (χ0) is 22.1. The van der Waals surface area contributed by atoms with E-state index in [-0.39, 0.29) is 13.0 Å². The fourth-order valence-electron chi connectivity index (χ4n) is 4.01. The molecule has 0 saturated carbocycles. The molecular formula is C24H26N4O4S. The second-order valence-electron chi connectivity index (χ2n) is 7.83. The van der Waals surface area contributed by atoms with E-state index in [1.807, 2.05) is 48.5 Å². The van der Waals surface area contributed by atoms with Gasteiger partial charge in [0.1, 0.15) is 18.2 Å². The summed E-state index contributed by atoms with van der Waals surface area (Å²) in [5.74, 6) is 1.22. The van der Waals surface area contributed by atoms with Gasteiger partial charge in [0.25, 0.3) is 5.56 Å². The highest BCUT2D eigenvalue weighted by Gasteiger charge is 2.16. The lowest BCUT2D eigenvalue weighted by Gasteiger charge is -2.26. The number of imidazole rings is 1. The van der Waals surface area contributed by atoms with Crippen LogP contribution < -0.4 is 10.3 Å². The lowest BCUT2D eigenvalue weighted by Crippen LogP contribution is -2.36. The van der Waals surface area contributed by atoms with Gasteiger partial charge in [-0.05, 0) is 42.5 Å². The van der Waals surface area contributed by atoms with Crippen LogP contribution in [-0.4, -0.2) is 59.4 Å². The van der Waals surface area contributed by atoms with E-state index >= 15 is 0 Å². The van der Waals surface area contributed by atoms with Crippen molar-refractivity contribution in [3.8, 4) is 17.1 Å². The van der Waals surface area contributed by atoms with E-state index < -0.39 is 10.3 Å². The third-order valence-corrected chi connectivity index (χ3v) is 6.67. The summed E-state index contributed by atoms with van der Waals surface area (Å²) in [5.41, 5.74) is 2.63. The SMILES string of the molecule is C.O=c1[nH]c2ccccc2cc1-c1nc2cc(OCCN3CCC(=S(=O)=O)CC3)ccc2[nH]1. The second-order valence-corrected chi connectivity index (χ2v) is 8.87. The molecule has 9 heteroatoms. The molecule has 2 aromatic carbocycles. The van der Waals surface area contributed by atoms with Crippen molar-refractivity contribution in [2.75, 3.05) is 26.2 Å². The van der Waals surface area contributed by atoms with E-state index in [1.54, 1.807) is 0 Å². The summed E-state index contributed by atoms with van der Waals surface area (Å²) in [6.45, 7) is 2.70. The molecule has 0 bridgehead atoms. The summed E-state index contributed by atoms with van der Waals surface area (Å²) in [6, 6.07) is 15.1. The molecule has 33 heavy (non-hydrogen) atoms. The summed E-state index contributed by atoms with van der Waals surface area (Å²) in [4.78, 5) is 26.1. The molecule has 172 valence electrons. The number of nitrogens with zero attached hydrogens (tertiary/aromatic N) is 2.